The molecule has 2 aromatic rings. The number of amides is 2. The Bertz CT molecular complexity index is 794. The van der Waals surface area contributed by atoms with E-state index in [1.807, 2.05) is 18.2 Å². The molecule has 0 saturated heterocycles. The average Bonchev–Trinajstić information content (AvgIpc) is 3.12. The Balaban J connectivity index is 1.58. The van der Waals surface area contributed by atoms with Crippen molar-refractivity contribution in [3.05, 3.63) is 53.3 Å². The maximum Gasteiger partial charge on any atom is 0.407 e. The Kier molecular flexibility index (Phi) is 4.98. The molecule has 0 unspecified atom stereocenters. The molecule has 0 spiro atoms. The van der Waals surface area contributed by atoms with Crippen molar-refractivity contribution in [2.24, 2.45) is 0 Å². The lowest BCUT2D eigenvalue weighted by Gasteiger charge is -2.08. The third-order valence-corrected chi connectivity index (χ3v) is 3.57. The SMILES string of the molecule is COC(=O)NCc1cc(C(=O)NCc2ccc3c(c2)OCO3)ccn1. The Hall–Kier alpha value is -3.29. The predicted molar refractivity (Wildman–Crippen MR) is 87.2 cm³/mol. The number of carbonyl (C=O) groups excluding carboxylic acids is 2. The molecule has 2 N–H and O–H groups in total. The number of carbonyl (C=O) groups is 2. The number of alkyl carbamates (subject to hydrolysis) is 1. The average molecular weight is 343 g/mol. The summed E-state index contributed by atoms with van der Waals surface area (Å²) >= 11 is 0. The predicted octanol–water partition coefficient (Wildman–Crippen LogP) is 1.60. The van der Waals surface area contributed by atoms with Gasteiger partial charge in [-0.3, -0.25) is 9.78 Å². The highest BCUT2D eigenvalue weighted by molar-refractivity contribution is 5.94. The van der Waals surface area contributed by atoms with Gasteiger partial charge in [0.2, 0.25) is 6.79 Å². The Morgan fingerprint density at radius 3 is 2.80 bits per heavy atom. The molecule has 0 atom stereocenters. The quantitative estimate of drug-likeness (QED) is 0.855. The highest BCUT2D eigenvalue weighted by Crippen LogP contribution is 2.32. The van der Waals surface area contributed by atoms with Crippen LogP contribution in [0.3, 0.4) is 0 Å². The second-order valence-corrected chi connectivity index (χ2v) is 5.25. The van der Waals surface area contributed by atoms with Crippen LogP contribution in [0.5, 0.6) is 11.5 Å². The van der Waals surface area contributed by atoms with E-state index in [9.17, 15) is 9.59 Å². The number of nitrogens with one attached hydrogen (secondary N) is 2. The number of rotatable bonds is 5. The van der Waals surface area contributed by atoms with Crippen molar-refractivity contribution in [3.8, 4) is 11.5 Å². The van der Waals surface area contributed by atoms with Crippen LogP contribution in [0.2, 0.25) is 0 Å². The van der Waals surface area contributed by atoms with E-state index >= 15 is 0 Å². The zero-order chi connectivity index (χ0) is 17.6. The van der Waals surface area contributed by atoms with Gasteiger partial charge < -0.3 is 24.8 Å². The lowest BCUT2D eigenvalue weighted by Crippen LogP contribution is -2.25. The number of methoxy groups -OCH3 is 1. The van der Waals surface area contributed by atoms with Crippen LogP contribution in [-0.4, -0.2) is 30.9 Å². The first-order valence-electron chi connectivity index (χ1n) is 7.59. The maximum absolute atomic E-state index is 12.3. The first-order valence-corrected chi connectivity index (χ1v) is 7.59. The van der Waals surface area contributed by atoms with Crippen molar-refractivity contribution in [3.63, 3.8) is 0 Å². The van der Waals surface area contributed by atoms with Crippen LogP contribution in [0.1, 0.15) is 21.6 Å². The second-order valence-electron chi connectivity index (χ2n) is 5.25. The Morgan fingerprint density at radius 1 is 1.12 bits per heavy atom. The topological polar surface area (TPSA) is 98.8 Å². The van der Waals surface area contributed by atoms with Gasteiger partial charge in [-0.15, -0.1) is 0 Å². The van der Waals surface area contributed by atoms with E-state index < -0.39 is 6.09 Å². The fraction of sp³-hybridized carbons (Fsp3) is 0.235. The summed E-state index contributed by atoms with van der Waals surface area (Å²) in [6.45, 7) is 0.744. The fourth-order valence-corrected chi connectivity index (χ4v) is 2.29. The molecule has 0 saturated carbocycles. The van der Waals surface area contributed by atoms with Gasteiger partial charge in [0.1, 0.15) is 0 Å². The van der Waals surface area contributed by atoms with E-state index in [0.29, 0.717) is 29.3 Å². The maximum atomic E-state index is 12.3. The lowest BCUT2D eigenvalue weighted by molar-refractivity contribution is 0.0950. The van der Waals surface area contributed by atoms with Crippen molar-refractivity contribution >= 4 is 12.0 Å². The summed E-state index contributed by atoms with van der Waals surface area (Å²) in [6, 6.07) is 8.74. The highest BCUT2D eigenvalue weighted by Gasteiger charge is 2.14. The molecule has 3 rings (SSSR count). The molecule has 0 bridgehead atoms. The summed E-state index contributed by atoms with van der Waals surface area (Å²) in [4.78, 5) is 27.5. The number of fused-ring (bicyclic) bond motifs is 1. The molecule has 0 radical (unpaired) electrons. The van der Waals surface area contributed by atoms with Crippen molar-refractivity contribution in [2.45, 2.75) is 13.1 Å². The number of hydrogen-bond donors (Lipinski definition) is 2. The van der Waals surface area contributed by atoms with E-state index in [-0.39, 0.29) is 19.2 Å². The lowest BCUT2D eigenvalue weighted by atomic mass is 10.2. The molecule has 25 heavy (non-hydrogen) atoms. The molecular formula is C17H17N3O5. The van der Waals surface area contributed by atoms with Crippen LogP contribution in [0, 0.1) is 0 Å². The van der Waals surface area contributed by atoms with E-state index in [0.717, 1.165) is 5.56 Å². The standard InChI is InChI=1S/C17H17N3O5/c1-23-17(22)20-9-13-7-12(4-5-18-13)16(21)19-8-11-2-3-14-15(6-11)25-10-24-14/h2-7H,8-10H2,1H3,(H,19,21)(H,20,22). The van der Waals surface area contributed by atoms with Crippen LogP contribution < -0.4 is 20.1 Å². The van der Waals surface area contributed by atoms with E-state index in [4.69, 9.17) is 9.47 Å². The normalized spacial score (nSPS) is 11.7. The summed E-state index contributed by atoms with van der Waals surface area (Å²) in [6.07, 6.45) is 0.962. The van der Waals surface area contributed by atoms with Crippen LogP contribution in [-0.2, 0) is 17.8 Å². The number of hydrogen-bond acceptors (Lipinski definition) is 6. The van der Waals surface area contributed by atoms with Crippen LogP contribution in [0.25, 0.3) is 0 Å². The van der Waals surface area contributed by atoms with Gasteiger partial charge in [-0.25, -0.2) is 4.79 Å². The van der Waals surface area contributed by atoms with Gasteiger partial charge in [0.05, 0.1) is 19.3 Å². The van der Waals surface area contributed by atoms with Crippen LogP contribution in [0.4, 0.5) is 4.79 Å². The van der Waals surface area contributed by atoms with Crippen molar-refractivity contribution < 1.29 is 23.8 Å². The molecule has 1 aliphatic rings. The summed E-state index contributed by atoms with van der Waals surface area (Å²) < 4.78 is 15.1. The number of aromatic nitrogens is 1. The van der Waals surface area contributed by atoms with E-state index in [1.54, 1.807) is 12.1 Å². The zero-order valence-corrected chi connectivity index (χ0v) is 13.6. The largest absolute Gasteiger partial charge is 0.454 e. The summed E-state index contributed by atoms with van der Waals surface area (Å²) in [5, 5.41) is 5.35. The fourth-order valence-electron chi connectivity index (χ4n) is 2.29. The zero-order valence-electron chi connectivity index (χ0n) is 13.6. The number of nitrogens with zero attached hydrogens (tertiary/aromatic N) is 1. The molecule has 2 amide bonds. The first-order chi connectivity index (χ1) is 12.2. The highest BCUT2D eigenvalue weighted by atomic mass is 16.7. The summed E-state index contributed by atoms with van der Waals surface area (Å²) in [5.41, 5.74) is 1.91. The van der Waals surface area contributed by atoms with Crippen molar-refractivity contribution in [2.75, 3.05) is 13.9 Å². The minimum absolute atomic E-state index is 0.177. The molecule has 0 fully saturated rings. The van der Waals surface area contributed by atoms with E-state index in [1.165, 1.54) is 13.3 Å². The molecule has 1 aliphatic heterocycles. The third-order valence-electron chi connectivity index (χ3n) is 3.57. The van der Waals surface area contributed by atoms with Crippen molar-refractivity contribution in [1.82, 2.24) is 15.6 Å². The minimum atomic E-state index is -0.556. The van der Waals surface area contributed by atoms with E-state index in [2.05, 4.69) is 20.4 Å². The molecule has 1 aromatic carbocycles. The van der Waals surface area contributed by atoms with Gasteiger partial charge in [-0.1, -0.05) is 6.07 Å². The van der Waals surface area contributed by atoms with Gasteiger partial charge in [-0.2, -0.15) is 0 Å². The molecule has 8 heteroatoms. The third kappa shape index (κ3) is 4.17. The second kappa shape index (κ2) is 7.52. The smallest absolute Gasteiger partial charge is 0.407 e. The molecule has 2 heterocycles. The first kappa shape index (κ1) is 16.6. The summed E-state index contributed by atoms with van der Waals surface area (Å²) in [7, 11) is 1.28. The Morgan fingerprint density at radius 2 is 1.96 bits per heavy atom. The number of pyridine rings is 1. The molecule has 1 aromatic heterocycles. The molecule has 0 aliphatic carbocycles. The van der Waals surface area contributed by atoms with Crippen LogP contribution in [0.15, 0.2) is 36.5 Å². The monoisotopic (exact) mass is 343 g/mol. The van der Waals surface area contributed by atoms with Crippen LogP contribution >= 0.6 is 0 Å². The number of benzene rings is 1. The number of ether oxygens (including phenoxy) is 3. The molecule has 130 valence electrons. The van der Waals surface area contributed by atoms with Gasteiger partial charge in [0, 0.05) is 18.3 Å². The Labute approximate surface area is 144 Å². The van der Waals surface area contributed by atoms with Gasteiger partial charge in [-0.05, 0) is 29.8 Å². The minimum Gasteiger partial charge on any atom is -0.454 e. The van der Waals surface area contributed by atoms with Gasteiger partial charge in [0.15, 0.2) is 11.5 Å². The molecular weight excluding hydrogens is 326 g/mol. The summed E-state index contributed by atoms with van der Waals surface area (Å²) in [5.74, 6) is 1.14. The van der Waals surface area contributed by atoms with Gasteiger partial charge >= 0.3 is 6.09 Å². The van der Waals surface area contributed by atoms with Crippen molar-refractivity contribution in [1.29, 1.82) is 0 Å². The molecule has 8 nitrogen and oxygen atoms in total. The van der Waals surface area contributed by atoms with Gasteiger partial charge in [0.25, 0.3) is 5.91 Å².